The molecule has 0 aromatic heterocycles. The van der Waals surface area contributed by atoms with Gasteiger partial charge in [-0.05, 0) is 79.1 Å². The number of carboxylic acids is 1. The minimum Gasteiger partial charge on any atom is -0.492 e. The average Bonchev–Trinajstić information content (AvgIpc) is 3.36. The number of hydrogen-bond donors (Lipinski definition) is 2. The van der Waals surface area contributed by atoms with E-state index in [1.54, 1.807) is 6.07 Å². The third kappa shape index (κ3) is 7.61. The Morgan fingerprint density at radius 3 is 2.55 bits per heavy atom. The van der Waals surface area contributed by atoms with Gasteiger partial charge in [0.2, 0.25) is 0 Å². The molecular weight excluding hydrogens is 534 g/mol. The van der Waals surface area contributed by atoms with Crippen molar-refractivity contribution in [3.8, 4) is 16.9 Å². The lowest BCUT2D eigenvalue weighted by Gasteiger charge is -2.25. The van der Waals surface area contributed by atoms with Crippen LogP contribution in [0.4, 0.5) is 8.78 Å². The van der Waals surface area contributed by atoms with Crippen molar-refractivity contribution in [2.45, 2.75) is 44.8 Å². The molecular formula is C31H34F2N2O4S. The van der Waals surface area contributed by atoms with Gasteiger partial charge >= 0.3 is 5.97 Å². The molecule has 0 spiro atoms. The third-order valence-corrected chi connectivity index (χ3v) is 7.79. The molecule has 1 aliphatic heterocycles. The van der Waals surface area contributed by atoms with Crippen LogP contribution in [0.15, 0.2) is 60.7 Å². The summed E-state index contributed by atoms with van der Waals surface area (Å²) in [6.07, 6.45) is 4.10. The number of amides is 1. The van der Waals surface area contributed by atoms with Crippen LogP contribution >= 0.6 is 11.8 Å². The van der Waals surface area contributed by atoms with Crippen LogP contribution in [0.1, 0.15) is 40.7 Å². The van der Waals surface area contributed by atoms with E-state index in [4.69, 9.17) is 4.74 Å². The molecule has 3 aromatic carbocycles. The lowest BCUT2D eigenvalue weighted by molar-refractivity contribution is -0.139. The van der Waals surface area contributed by atoms with E-state index in [1.165, 1.54) is 23.9 Å². The summed E-state index contributed by atoms with van der Waals surface area (Å²) in [5.74, 6) is -2.04. The minimum atomic E-state index is -1.06. The second kappa shape index (κ2) is 13.8. The van der Waals surface area contributed by atoms with Crippen molar-refractivity contribution in [1.29, 1.82) is 0 Å². The zero-order valence-electron chi connectivity index (χ0n) is 22.7. The first-order chi connectivity index (χ1) is 19.2. The van der Waals surface area contributed by atoms with Crippen LogP contribution < -0.4 is 10.1 Å². The molecule has 212 valence electrons. The molecule has 40 heavy (non-hydrogen) atoms. The number of carbonyl (C=O) groups excluding carboxylic acids is 1. The fraction of sp³-hybridized carbons (Fsp3) is 0.355. The number of likely N-dealkylation sites (tertiary alicyclic amines) is 1. The highest BCUT2D eigenvalue weighted by atomic mass is 32.2. The Hall–Kier alpha value is -3.43. The molecule has 9 heteroatoms. The van der Waals surface area contributed by atoms with Gasteiger partial charge in [0.15, 0.2) is 0 Å². The van der Waals surface area contributed by atoms with Crippen molar-refractivity contribution in [2.75, 3.05) is 25.2 Å². The van der Waals surface area contributed by atoms with Crippen LogP contribution in [0.5, 0.6) is 5.75 Å². The van der Waals surface area contributed by atoms with E-state index in [-0.39, 0.29) is 11.8 Å². The monoisotopic (exact) mass is 568 g/mol. The van der Waals surface area contributed by atoms with Crippen LogP contribution in [0.25, 0.3) is 11.1 Å². The van der Waals surface area contributed by atoms with Crippen molar-refractivity contribution in [2.24, 2.45) is 0 Å². The highest BCUT2D eigenvalue weighted by molar-refractivity contribution is 7.98. The van der Waals surface area contributed by atoms with Crippen LogP contribution in [-0.4, -0.2) is 59.1 Å². The number of thioether (sulfide) groups is 1. The predicted molar refractivity (Wildman–Crippen MR) is 154 cm³/mol. The fourth-order valence-electron chi connectivity index (χ4n) is 5.05. The van der Waals surface area contributed by atoms with Gasteiger partial charge in [0, 0.05) is 36.3 Å². The second-order valence-electron chi connectivity index (χ2n) is 10.0. The van der Waals surface area contributed by atoms with Crippen molar-refractivity contribution in [1.82, 2.24) is 10.2 Å². The fourth-order valence-corrected chi connectivity index (χ4v) is 5.52. The van der Waals surface area contributed by atoms with Crippen LogP contribution in [0.2, 0.25) is 0 Å². The summed E-state index contributed by atoms with van der Waals surface area (Å²) >= 11 is 1.53. The first kappa shape index (κ1) is 29.6. The van der Waals surface area contributed by atoms with Crippen LogP contribution in [-0.2, 0) is 11.3 Å². The molecule has 2 unspecified atom stereocenters. The Morgan fingerprint density at radius 2 is 1.85 bits per heavy atom. The summed E-state index contributed by atoms with van der Waals surface area (Å²) in [4.78, 5) is 27.4. The first-order valence-corrected chi connectivity index (χ1v) is 14.7. The van der Waals surface area contributed by atoms with Gasteiger partial charge in [0.1, 0.15) is 30.0 Å². The summed E-state index contributed by atoms with van der Waals surface area (Å²) in [6.45, 7) is 3.74. The quantitative estimate of drug-likeness (QED) is 0.283. The molecule has 0 saturated carbocycles. The summed E-state index contributed by atoms with van der Waals surface area (Å²) < 4.78 is 32.9. The Morgan fingerprint density at radius 1 is 1.10 bits per heavy atom. The summed E-state index contributed by atoms with van der Waals surface area (Å²) in [7, 11) is 0. The molecule has 1 fully saturated rings. The van der Waals surface area contributed by atoms with Gasteiger partial charge in [-0.3, -0.25) is 9.69 Å². The van der Waals surface area contributed by atoms with E-state index in [0.717, 1.165) is 47.7 Å². The largest absolute Gasteiger partial charge is 0.492 e. The normalized spacial score (nSPS) is 16.1. The molecule has 3 aromatic rings. The van der Waals surface area contributed by atoms with Crippen molar-refractivity contribution < 1.29 is 28.2 Å². The van der Waals surface area contributed by atoms with Gasteiger partial charge in [-0.2, -0.15) is 11.8 Å². The second-order valence-corrected chi connectivity index (χ2v) is 11.0. The lowest BCUT2D eigenvalue weighted by Crippen LogP contribution is -2.41. The van der Waals surface area contributed by atoms with E-state index in [0.29, 0.717) is 30.9 Å². The average molecular weight is 569 g/mol. The molecule has 1 amide bonds. The molecule has 0 bridgehead atoms. The number of aryl methyl sites for hydroxylation is 1. The molecule has 1 saturated heterocycles. The van der Waals surface area contributed by atoms with Gasteiger partial charge in [0.05, 0.1) is 0 Å². The molecule has 0 radical (unpaired) electrons. The maximum atomic E-state index is 13.6. The minimum absolute atomic E-state index is 0.0731. The number of nitrogens with one attached hydrogen (secondary N) is 1. The number of hydrogen-bond acceptors (Lipinski definition) is 5. The molecule has 4 rings (SSSR count). The standard InChI is InChI=1S/C31H34F2N2O4S/c1-20-6-3-4-8-26(20)28-14-21(9-10-27(28)30(36)34-29(31(37)38)11-13-40-2)18-35-12-5-7-24(35)19-39-25-16-22(32)15-23(33)17-25/h3-4,6,8-10,14-17,24,29H,5,7,11-13,18-19H2,1-2H3,(H,34,36)(H,37,38). The zero-order chi connectivity index (χ0) is 28.6. The lowest BCUT2D eigenvalue weighted by atomic mass is 9.93. The van der Waals surface area contributed by atoms with E-state index in [1.807, 2.05) is 49.6 Å². The van der Waals surface area contributed by atoms with Crippen molar-refractivity contribution in [3.63, 3.8) is 0 Å². The van der Waals surface area contributed by atoms with E-state index >= 15 is 0 Å². The number of aliphatic carboxylic acids is 1. The van der Waals surface area contributed by atoms with Gasteiger partial charge in [-0.1, -0.05) is 30.3 Å². The maximum Gasteiger partial charge on any atom is 0.326 e. The topological polar surface area (TPSA) is 78.9 Å². The molecule has 2 atom stereocenters. The van der Waals surface area contributed by atoms with Crippen molar-refractivity contribution in [3.05, 3.63) is 89.0 Å². The number of carbonyl (C=O) groups is 2. The van der Waals surface area contributed by atoms with Crippen molar-refractivity contribution >= 4 is 23.6 Å². The Kier molecular flexibility index (Phi) is 10.2. The van der Waals surface area contributed by atoms with Crippen LogP contribution in [0, 0.1) is 18.6 Å². The predicted octanol–water partition coefficient (Wildman–Crippen LogP) is 5.92. The van der Waals surface area contributed by atoms with Gasteiger partial charge in [-0.25, -0.2) is 13.6 Å². The molecule has 1 heterocycles. The number of carboxylic acid groups (broad SMARTS) is 1. The molecule has 6 nitrogen and oxygen atoms in total. The van der Waals surface area contributed by atoms with Gasteiger partial charge < -0.3 is 15.2 Å². The zero-order valence-corrected chi connectivity index (χ0v) is 23.5. The highest BCUT2D eigenvalue weighted by Gasteiger charge is 2.27. The number of benzene rings is 3. The maximum absolute atomic E-state index is 13.6. The SMILES string of the molecule is CSCCC(NC(=O)c1ccc(CN2CCCC2COc2cc(F)cc(F)c2)cc1-c1ccccc1C)C(=O)O. The van der Waals surface area contributed by atoms with Gasteiger partial charge in [-0.15, -0.1) is 0 Å². The van der Waals surface area contributed by atoms with Gasteiger partial charge in [0.25, 0.3) is 5.91 Å². The van der Waals surface area contributed by atoms with E-state index in [9.17, 15) is 23.5 Å². The summed E-state index contributed by atoms with van der Waals surface area (Å²) in [5.41, 5.74) is 4.06. The summed E-state index contributed by atoms with van der Waals surface area (Å²) in [6, 6.07) is 15.7. The summed E-state index contributed by atoms with van der Waals surface area (Å²) in [5, 5.41) is 12.3. The van der Waals surface area contributed by atoms with E-state index < -0.39 is 29.6 Å². The Balaban J connectivity index is 1.55. The first-order valence-electron chi connectivity index (χ1n) is 13.3. The number of nitrogens with zero attached hydrogens (tertiary/aromatic N) is 1. The molecule has 1 aliphatic rings. The number of halogens is 2. The smallest absolute Gasteiger partial charge is 0.326 e. The Labute approximate surface area is 237 Å². The number of rotatable bonds is 12. The number of ether oxygens (including phenoxy) is 1. The molecule has 0 aliphatic carbocycles. The van der Waals surface area contributed by atoms with E-state index in [2.05, 4.69) is 10.2 Å². The molecule has 2 N–H and O–H groups in total. The highest BCUT2D eigenvalue weighted by Crippen LogP contribution is 2.30. The van der Waals surface area contributed by atoms with Crippen LogP contribution in [0.3, 0.4) is 0 Å². The Bertz CT molecular complexity index is 1330. The third-order valence-electron chi connectivity index (χ3n) is 7.14.